The monoisotopic (exact) mass is 916 g/mol. The molecule has 0 aromatic carbocycles. The van der Waals surface area contributed by atoms with E-state index < -0.39 is 66.2 Å². The summed E-state index contributed by atoms with van der Waals surface area (Å²) in [7, 11) is -9.72. The fraction of sp³-hybridized carbons (Fsp3) is 0.696. The lowest BCUT2D eigenvalue weighted by Gasteiger charge is -2.20. The number of allylic oxidation sites excluding steroid dienone is 11. The highest BCUT2D eigenvalue weighted by atomic mass is 31.2. The van der Waals surface area contributed by atoms with Gasteiger partial charge in [-0.15, -0.1) is 0 Å². The summed E-state index contributed by atoms with van der Waals surface area (Å²) in [6, 6.07) is 0. The quantitative estimate of drug-likeness (QED) is 0.0148. The van der Waals surface area contributed by atoms with Crippen LogP contribution in [0.3, 0.4) is 0 Å². The van der Waals surface area contributed by atoms with Gasteiger partial charge < -0.3 is 34.0 Å². The number of unbranched alkanes of at least 4 members (excludes halogenated alkanes) is 10. The maximum atomic E-state index is 12.7. The molecule has 1 fully saturated rings. The number of phosphoric ester groups is 2. The van der Waals surface area contributed by atoms with Crippen LogP contribution < -0.4 is 0 Å². The minimum Gasteiger partial charge on any atom is -0.462 e. The number of rotatable bonds is 41. The van der Waals surface area contributed by atoms with Crippen LogP contribution in [0.2, 0.25) is 0 Å². The molecule has 1 aliphatic heterocycles. The molecule has 0 bridgehead atoms. The standard InChI is InChI=1S/C46H78O14P2/c1-3-5-7-9-11-12-13-14-15-16-17-18-19-20-21-22-23-27-32-36-46(49)59-42(40-58-62(53,54)57-38-41(47)37-56-61(50,51)52)39-55-45(48)35-31-28-24-26-30-34-44-43(60-44)33-29-25-10-8-6-4-2/h11-12,14-15,17-18,20-21,23,25,27,29,41-44,47H,3-10,13,16,19,22,24,26,28,30-40H2,1-2H3,(H,53,54)(H2,50,51,52)/b12-11-,15-14-,18-17-,21-20-,27-23-,29-25-/t41-,42+,43?,44?/m0/s1. The smallest absolute Gasteiger partial charge is 0.462 e. The molecular weight excluding hydrogens is 838 g/mol. The number of aliphatic hydroxyl groups is 1. The molecule has 0 spiro atoms. The van der Waals surface area contributed by atoms with Crippen LogP contribution >= 0.6 is 15.6 Å². The molecule has 356 valence electrons. The van der Waals surface area contributed by atoms with Crippen molar-refractivity contribution < 1.29 is 66.3 Å². The van der Waals surface area contributed by atoms with Crippen LogP contribution in [0.1, 0.15) is 155 Å². The molecule has 0 radical (unpaired) electrons. The largest absolute Gasteiger partial charge is 0.472 e. The lowest BCUT2D eigenvalue weighted by atomic mass is 10.1. The third-order valence-electron chi connectivity index (χ3n) is 9.50. The van der Waals surface area contributed by atoms with Crippen LogP contribution in [0, 0.1) is 0 Å². The van der Waals surface area contributed by atoms with E-state index in [1.165, 1.54) is 38.5 Å². The number of aliphatic hydroxyl groups excluding tert-OH is 1. The Morgan fingerprint density at radius 3 is 1.68 bits per heavy atom. The summed E-state index contributed by atoms with van der Waals surface area (Å²) in [5.41, 5.74) is 0. The SMILES string of the molecule is CCCCC/C=C\C/C=C\C/C=C\C/C=C\C/C=C\CCC(=O)O[C@H](COC(=O)CCCCCCCC1OC1C/C=C\CCCCC)COP(=O)(O)OC[C@@H](O)COP(=O)(O)O. The van der Waals surface area contributed by atoms with Gasteiger partial charge in [-0.1, -0.05) is 138 Å². The van der Waals surface area contributed by atoms with Crippen LogP contribution in [-0.2, 0) is 46.5 Å². The summed E-state index contributed by atoms with van der Waals surface area (Å²) >= 11 is 0. The number of carbonyl (C=O) groups excluding carboxylic acids is 2. The van der Waals surface area contributed by atoms with E-state index in [9.17, 15) is 28.7 Å². The van der Waals surface area contributed by atoms with E-state index in [2.05, 4.69) is 77.6 Å². The Kier molecular flexibility index (Phi) is 35.1. The van der Waals surface area contributed by atoms with Crippen molar-refractivity contribution in [1.29, 1.82) is 0 Å². The molecule has 1 saturated heterocycles. The number of epoxide rings is 1. The molecule has 1 rings (SSSR count). The molecule has 0 aliphatic carbocycles. The lowest BCUT2D eigenvalue weighted by molar-refractivity contribution is -0.161. The lowest BCUT2D eigenvalue weighted by Crippen LogP contribution is -2.29. The second-order valence-corrected chi connectivity index (χ2v) is 18.0. The van der Waals surface area contributed by atoms with E-state index in [1.807, 2.05) is 18.2 Å². The Labute approximate surface area is 371 Å². The highest BCUT2D eigenvalue weighted by molar-refractivity contribution is 7.47. The van der Waals surface area contributed by atoms with Crippen LogP contribution in [0.25, 0.3) is 0 Å². The highest BCUT2D eigenvalue weighted by Crippen LogP contribution is 2.44. The zero-order chi connectivity index (χ0) is 45.6. The highest BCUT2D eigenvalue weighted by Gasteiger charge is 2.36. The third kappa shape index (κ3) is 38.0. The molecule has 3 unspecified atom stereocenters. The first-order valence-electron chi connectivity index (χ1n) is 22.8. The zero-order valence-electron chi connectivity index (χ0n) is 37.4. The first kappa shape index (κ1) is 57.5. The number of ether oxygens (including phenoxy) is 3. The molecule has 5 atom stereocenters. The second kappa shape index (κ2) is 37.9. The molecule has 62 heavy (non-hydrogen) atoms. The fourth-order valence-corrected chi connectivity index (χ4v) is 7.08. The molecule has 0 saturated carbocycles. The molecule has 0 aromatic heterocycles. The summed E-state index contributed by atoms with van der Waals surface area (Å²) in [6.07, 6.45) is 43.5. The first-order valence-corrected chi connectivity index (χ1v) is 25.8. The Balaban J connectivity index is 2.42. The van der Waals surface area contributed by atoms with Crippen molar-refractivity contribution in [3.8, 4) is 0 Å². The molecule has 0 amide bonds. The van der Waals surface area contributed by atoms with Crippen molar-refractivity contribution in [2.45, 2.75) is 180 Å². The van der Waals surface area contributed by atoms with E-state index in [4.69, 9.17) is 28.5 Å². The zero-order valence-corrected chi connectivity index (χ0v) is 39.2. The molecule has 1 heterocycles. The number of hydrogen-bond acceptors (Lipinski definition) is 11. The fourth-order valence-electron chi connectivity index (χ4n) is 5.92. The number of carbonyl (C=O) groups is 2. The maximum Gasteiger partial charge on any atom is 0.472 e. The van der Waals surface area contributed by atoms with E-state index in [0.717, 1.165) is 70.6 Å². The Morgan fingerprint density at radius 2 is 1.08 bits per heavy atom. The third-order valence-corrected chi connectivity index (χ3v) is 10.9. The van der Waals surface area contributed by atoms with Crippen LogP contribution in [0.15, 0.2) is 72.9 Å². The van der Waals surface area contributed by atoms with Crippen molar-refractivity contribution in [3.63, 3.8) is 0 Å². The van der Waals surface area contributed by atoms with Crippen LogP contribution in [0.4, 0.5) is 0 Å². The topological polar surface area (TPSA) is 208 Å². The molecule has 4 N–H and O–H groups in total. The minimum absolute atomic E-state index is 0.00167. The van der Waals surface area contributed by atoms with Gasteiger partial charge in [0.25, 0.3) is 0 Å². The van der Waals surface area contributed by atoms with Gasteiger partial charge in [-0.2, -0.15) is 0 Å². The van der Waals surface area contributed by atoms with Gasteiger partial charge in [0, 0.05) is 12.8 Å². The minimum atomic E-state index is -4.88. The maximum absolute atomic E-state index is 12.7. The average molecular weight is 917 g/mol. The predicted octanol–water partition coefficient (Wildman–Crippen LogP) is 10.8. The number of esters is 2. The number of hydrogen-bond donors (Lipinski definition) is 4. The van der Waals surface area contributed by atoms with Gasteiger partial charge in [0.1, 0.15) is 12.7 Å². The van der Waals surface area contributed by atoms with E-state index in [0.29, 0.717) is 31.5 Å². The molecule has 16 heteroatoms. The second-order valence-electron chi connectivity index (χ2n) is 15.4. The van der Waals surface area contributed by atoms with Gasteiger partial charge in [-0.3, -0.25) is 23.2 Å². The summed E-state index contributed by atoms with van der Waals surface area (Å²) in [5, 5.41) is 9.76. The summed E-state index contributed by atoms with van der Waals surface area (Å²) in [5.74, 6) is -1.16. The van der Waals surface area contributed by atoms with Gasteiger partial charge in [-0.25, -0.2) is 9.13 Å². The van der Waals surface area contributed by atoms with E-state index >= 15 is 0 Å². The van der Waals surface area contributed by atoms with E-state index in [1.54, 1.807) is 0 Å². The van der Waals surface area contributed by atoms with Crippen molar-refractivity contribution in [2.24, 2.45) is 0 Å². The van der Waals surface area contributed by atoms with Crippen molar-refractivity contribution in [3.05, 3.63) is 72.9 Å². The summed E-state index contributed by atoms with van der Waals surface area (Å²) < 4.78 is 53.5. The Hall–Kier alpha value is -2.48. The van der Waals surface area contributed by atoms with Crippen molar-refractivity contribution >= 4 is 27.6 Å². The normalized spacial score (nSPS) is 17.9. The van der Waals surface area contributed by atoms with Gasteiger partial charge in [0.15, 0.2) is 6.10 Å². The predicted molar refractivity (Wildman–Crippen MR) is 243 cm³/mol. The first-order chi connectivity index (χ1) is 29.8. The van der Waals surface area contributed by atoms with Crippen molar-refractivity contribution in [2.75, 3.05) is 26.4 Å². The van der Waals surface area contributed by atoms with Gasteiger partial charge >= 0.3 is 27.6 Å². The van der Waals surface area contributed by atoms with E-state index in [-0.39, 0.29) is 12.8 Å². The van der Waals surface area contributed by atoms with Gasteiger partial charge in [0.05, 0.1) is 32.0 Å². The number of phosphoric acid groups is 2. The van der Waals surface area contributed by atoms with Gasteiger partial charge in [-0.05, 0) is 77.0 Å². The molecule has 1 aliphatic rings. The van der Waals surface area contributed by atoms with Crippen molar-refractivity contribution in [1.82, 2.24) is 0 Å². The summed E-state index contributed by atoms with van der Waals surface area (Å²) in [4.78, 5) is 52.8. The molecule has 14 nitrogen and oxygen atoms in total. The Bertz CT molecular complexity index is 1440. The average Bonchev–Trinajstić information content (AvgIpc) is 3.99. The molecular formula is C46H78O14P2. The van der Waals surface area contributed by atoms with Crippen LogP contribution in [0.5, 0.6) is 0 Å². The van der Waals surface area contributed by atoms with Crippen LogP contribution in [-0.4, -0.2) is 82.6 Å². The Morgan fingerprint density at radius 1 is 0.565 bits per heavy atom. The molecule has 0 aromatic rings. The van der Waals surface area contributed by atoms with Gasteiger partial charge in [0.2, 0.25) is 0 Å². The summed E-state index contributed by atoms with van der Waals surface area (Å²) in [6.45, 7) is 1.59.